The Kier molecular flexibility index (Phi) is 5.52. The molecule has 3 N–H and O–H groups in total. The molecule has 2 aliphatic rings. The smallest absolute Gasteiger partial charge is 0.321 e. The number of carbonyl (C=O) groups excluding carboxylic acids is 1. The van der Waals surface area contributed by atoms with Crippen molar-refractivity contribution in [2.24, 2.45) is 0 Å². The van der Waals surface area contributed by atoms with E-state index in [1.807, 2.05) is 0 Å². The van der Waals surface area contributed by atoms with E-state index in [-0.39, 0.29) is 6.61 Å². The number of ether oxygens (including phenoxy) is 4. The molecule has 9 heteroatoms. The van der Waals surface area contributed by atoms with E-state index in [1.54, 1.807) is 31.4 Å². The Morgan fingerprint density at radius 1 is 1.24 bits per heavy atom. The summed E-state index contributed by atoms with van der Waals surface area (Å²) in [5.41, 5.74) is 3.06. The molecular weight excluding hydrogens is 334 g/mol. The molecule has 0 radical (unpaired) electrons. The third kappa shape index (κ3) is 3.92. The highest BCUT2D eigenvalue weighted by molar-refractivity contribution is 5.65. The fraction of sp³-hybridized carbons (Fsp3) is 0.562. The van der Waals surface area contributed by atoms with Gasteiger partial charge in [-0.3, -0.25) is 4.79 Å². The van der Waals surface area contributed by atoms with E-state index in [9.17, 15) is 15.0 Å². The summed E-state index contributed by atoms with van der Waals surface area (Å²) >= 11 is 0. The molecule has 0 amide bonds. The topological polar surface area (TPSA) is 116 Å². The highest BCUT2D eigenvalue weighted by Gasteiger charge is 2.49. The SMILES string of the molecule is COc1ccc([C@H]2OC[C@H]3O[C@@H](O)[C@H](NOC(C)=O)[C@@H](O)[C@@H]3O2)cc1. The maximum Gasteiger partial charge on any atom is 0.321 e. The molecule has 2 heterocycles. The summed E-state index contributed by atoms with van der Waals surface area (Å²) in [5.74, 6) is 0.0952. The van der Waals surface area contributed by atoms with Crippen LogP contribution in [0.2, 0.25) is 0 Å². The Labute approximate surface area is 144 Å². The van der Waals surface area contributed by atoms with Crippen LogP contribution < -0.4 is 10.2 Å². The van der Waals surface area contributed by atoms with Crippen molar-refractivity contribution in [3.8, 4) is 5.75 Å². The van der Waals surface area contributed by atoms with Crippen LogP contribution in [0, 0.1) is 0 Å². The van der Waals surface area contributed by atoms with Gasteiger partial charge in [-0.25, -0.2) is 0 Å². The quantitative estimate of drug-likeness (QED) is 0.622. The standard InChI is InChI=1S/C16H21NO8/c1-8(18)25-17-12-13(19)14-11(23-15(12)20)7-22-16(24-14)9-3-5-10(21-2)6-4-9/h3-6,11-17,19-20H,7H2,1-2H3/t11-,12-,13-,14-,15-,16+/m1/s1. The monoisotopic (exact) mass is 355 g/mol. The molecule has 2 fully saturated rings. The first kappa shape index (κ1) is 18.1. The molecule has 0 aliphatic carbocycles. The molecule has 6 atom stereocenters. The maximum atomic E-state index is 10.9. The Morgan fingerprint density at radius 2 is 1.96 bits per heavy atom. The van der Waals surface area contributed by atoms with E-state index in [0.717, 1.165) is 5.56 Å². The highest BCUT2D eigenvalue weighted by atomic mass is 16.7. The molecular formula is C16H21NO8. The van der Waals surface area contributed by atoms with Gasteiger partial charge in [-0.2, -0.15) is 0 Å². The van der Waals surface area contributed by atoms with Gasteiger partial charge in [0.15, 0.2) is 12.6 Å². The summed E-state index contributed by atoms with van der Waals surface area (Å²) in [4.78, 5) is 15.6. The van der Waals surface area contributed by atoms with Gasteiger partial charge >= 0.3 is 5.97 Å². The summed E-state index contributed by atoms with van der Waals surface area (Å²) in [6, 6.07) is 6.10. The van der Waals surface area contributed by atoms with Crippen molar-refractivity contribution < 1.29 is 38.8 Å². The van der Waals surface area contributed by atoms with Crippen molar-refractivity contribution in [2.75, 3.05) is 13.7 Å². The first-order chi connectivity index (χ1) is 12.0. The lowest BCUT2D eigenvalue weighted by atomic mass is 9.96. The highest BCUT2D eigenvalue weighted by Crippen LogP contribution is 2.34. The lowest BCUT2D eigenvalue weighted by Crippen LogP contribution is -2.65. The molecule has 2 aliphatic heterocycles. The Morgan fingerprint density at radius 3 is 2.60 bits per heavy atom. The zero-order chi connectivity index (χ0) is 18.0. The van der Waals surface area contributed by atoms with Crippen LogP contribution in [0.1, 0.15) is 18.8 Å². The van der Waals surface area contributed by atoms with E-state index >= 15 is 0 Å². The van der Waals surface area contributed by atoms with Crippen molar-refractivity contribution in [1.82, 2.24) is 5.48 Å². The first-order valence-electron chi connectivity index (χ1n) is 7.85. The molecule has 1 aromatic rings. The average molecular weight is 355 g/mol. The van der Waals surface area contributed by atoms with E-state index in [4.69, 9.17) is 18.9 Å². The van der Waals surface area contributed by atoms with Crippen molar-refractivity contribution in [2.45, 2.75) is 43.9 Å². The van der Waals surface area contributed by atoms with Crippen LogP contribution in [0.3, 0.4) is 0 Å². The van der Waals surface area contributed by atoms with E-state index in [0.29, 0.717) is 5.75 Å². The van der Waals surface area contributed by atoms with Gasteiger partial charge in [0, 0.05) is 12.5 Å². The van der Waals surface area contributed by atoms with Crippen LogP contribution in [0.15, 0.2) is 24.3 Å². The van der Waals surface area contributed by atoms with Crippen molar-refractivity contribution in [1.29, 1.82) is 0 Å². The summed E-state index contributed by atoms with van der Waals surface area (Å²) < 4.78 is 21.9. The molecule has 25 heavy (non-hydrogen) atoms. The fourth-order valence-corrected chi connectivity index (χ4v) is 2.82. The lowest BCUT2D eigenvalue weighted by Gasteiger charge is -2.46. The van der Waals surface area contributed by atoms with Gasteiger partial charge in [0.05, 0.1) is 13.7 Å². The van der Waals surface area contributed by atoms with E-state index in [1.165, 1.54) is 6.92 Å². The molecule has 0 aromatic heterocycles. The van der Waals surface area contributed by atoms with Crippen molar-refractivity contribution in [3.05, 3.63) is 29.8 Å². The minimum atomic E-state index is -1.37. The largest absolute Gasteiger partial charge is 0.497 e. The molecule has 0 saturated carbocycles. The van der Waals surface area contributed by atoms with E-state index < -0.39 is 42.9 Å². The molecule has 3 rings (SSSR count). The molecule has 1 aromatic carbocycles. The van der Waals surface area contributed by atoms with Crippen molar-refractivity contribution >= 4 is 5.97 Å². The van der Waals surface area contributed by atoms with Gasteiger partial charge < -0.3 is 34.0 Å². The molecule has 138 valence electrons. The van der Waals surface area contributed by atoms with Gasteiger partial charge in [0.25, 0.3) is 0 Å². The van der Waals surface area contributed by atoms with Crippen LogP contribution in [-0.2, 0) is 23.8 Å². The first-order valence-corrected chi connectivity index (χ1v) is 7.85. The number of aliphatic hydroxyl groups is 2. The molecule has 2 saturated heterocycles. The predicted molar refractivity (Wildman–Crippen MR) is 82.1 cm³/mol. The van der Waals surface area contributed by atoms with Crippen LogP contribution in [-0.4, -0.2) is 60.5 Å². The average Bonchev–Trinajstić information content (AvgIpc) is 2.61. The Balaban J connectivity index is 1.69. The minimum absolute atomic E-state index is 0.135. The van der Waals surface area contributed by atoms with Gasteiger partial charge in [0.1, 0.15) is 30.1 Å². The summed E-state index contributed by atoms with van der Waals surface area (Å²) in [7, 11) is 1.57. The van der Waals surface area contributed by atoms with Crippen molar-refractivity contribution in [3.63, 3.8) is 0 Å². The predicted octanol–water partition coefficient (Wildman–Crippen LogP) is -0.376. The van der Waals surface area contributed by atoms with Crippen LogP contribution >= 0.6 is 0 Å². The third-order valence-electron chi connectivity index (χ3n) is 4.11. The summed E-state index contributed by atoms with van der Waals surface area (Å²) in [6.45, 7) is 1.33. The second kappa shape index (κ2) is 7.65. The summed E-state index contributed by atoms with van der Waals surface area (Å²) in [6.07, 6.45) is -4.65. The second-order valence-corrected chi connectivity index (χ2v) is 5.83. The minimum Gasteiger partial charge on any atom is -0.497 e. The number of rotatable bonds is 4. The number of benzene rings is 1. The fourth-order valence-electron chi connectivity index (χ4n) is 2.82. The number of aliphatic hydroxyl groups excluding tert-OH is 2. The van der Waals surface area contributed by atoms with Gasteiger partial charge in [-0.1, -0.05) is 12.1 Å². The van der Waals surface area contributed by atoms with Gasteiger partial charge in [0.2, 0.25) is 0 Å². The zero-order valence-electron chi connectivity index (χ0n) is 13.8. The van der Waals surface area contributed by atoms with E-state index in [2.05, 4.69) is 10.3 Å². The molecule has 0 spiro atoms. The van der Waals surface area contributed by atoms with Crippen LogP contribution in [0.25, 0.3) is 0 Å². The number of hydrogen-bond donors (Lipinski definition) is 3. The Hall–Kier alpha value is -1.75. The number of nitrogens with one attached hydrogen (secondary N) is 1. The lowest BCUT2D eigenvalue weighted by molar-refractivity contribution is -0.343. The maximum absolute atomic E-state index is 10.9. The normalized spacial score (nSPS) is 34.9. The molecule has 9 nitrogen and oxygen atoms in total. The number of hydroxylamine groups is 1. The molecule has 0 bridgehead atoms. The molecule has 0 unspecified atom stereocenters. The second-order valence-electron chi connectivity index (χ2n) is 5.83. The van der Waals surface area contributed by atoms with Gasteiger partial charge in [-0.15, -0.1) is 5.48 Å². The number of carbonyl (C=O) groups is 1. The number of methoxy groups -OCH3 is 1. The van der Waals surface area contributed by atoms with Gasteiger partial charge in [-0.05, 0) is 12.1 Å². The third-order valence-corrected chi connectivity index (χ3v) is 4.11. The van der Waals surface area contributed by atoms with Crippen LogP contribution in [0.4, 0.5) is 0 Å². The summed E-state index contributed by atoms with van der Waals surface area (Å²) in [5, 5.41) is 20.5. The number of fused-ring (bicyclic) bond motifs is 1. The number of hydrogen-bond acceptors (Lipinski definition) is 9. The Bertz CT molecular complexity index is 594. The zero-order valence-corrected chi connectivity index (χ0v) is 13.8. The van der Waals surface area contributed by atoms with Crippen LogP contribution in [0.5, 0.6) is 5.75 Å².